The molecule has 3 heteroatoms. The van der Waals surface area contributed by atoms with Crippen LogP contribution in [0.25, 0.3) is 10.9 Å². The molecule has 2 rings (SSSR count). The summed E-state index contributed by atoms with van der Waals surface area (Å²) in [7, 11) is 0. The Labute approximate surface area is 120 Å². The van der Waals surface area contributed by atoms with Gasteiger partial charge in [0.15, 0.2) is 0 Å². The van der Waals surface area contributed by atoms with E-state index >= 15 is 0 Å². The van der Waals surface area contributed by atoms with Crippen LogP contribution in [0.3, 0.4) is 0 Å². The lowest BCUT2D eigenvalue weighted by molar-refractivity contribution is 0.483. The van der Waals surface area contributed by atoms with Gasteiger partial charge in [0.2, 0.25) is 0 Å². The summed E-state index contributed by atoms with van der Waals surface area (Å²) in [6.07, 6.45) is 2.25. The van der Waals surface area contributed by atoms with Gasteiger partial charge in [0, 0.05) is 11.4 Å². The van der Waals surface area contributed by atoms with E-state index in [0.717, 1.165) is 17.3 Å². The van der Waals surface area contributed by atoms with Crippen molar-refractivity contribution in [2.45, 2.75) is 39.7 Å². The van der Waals surface area contributed by atoms with E-state index in [0.29, 0.717) is 23.3 Å². The summed E-state index contributed by atoms with van der Waals surface area (Å²) in [6, 6.07) is 12.3. The van der Waals surface area contributed by atoms with Crippen LogP contribution in [0.4, 0.5) is 5.82 Å². The second-order valence-corrected chi connectivity index (χ2v) is 5.48. The number of anilines is 1. The van der Waals surface area contributed by atoms with Crippen LogP contribution >= 0.6 is 0 Å². The third kappa shape index (κ3) is 3.27. The molecule has 20 heavy (non-hydrogen) atoms. The Morgan fingerprint density at radius 3 is 2.75 bits per heavy atom. The number of para-hydroxylation sites is 1. The second-order valence-electron chi connectivity index (χ2n) is 5.48. The zero-order valence-corrected chi connectivity index (χ0v) is 12.4. The minimum atomic E-state index is 0.311. The highest BCUT2D eigenvalue weighted by Crippen LogP contribution is 2.21. The second kappa shape index (κ2) is 6.38. The van der Waals surface area contributed by atoms with Crippen molar-refractivity contribution in [2.75, 3.05) is 5.32 Å². The standard InChI is InChI=1S/C17H21N3/c1-4-12(2)9-13(3)19-17-15(11-18)10-14-7-5-6-8-16(14)20-17/h5-8,10,12-13H,4,9H2,1-3H3,(H,19,20). The maximum absolute atomic E-state index is 9.29. The molecule has 2 aromatic rings. The lowest BCUT2D eigenvalue weighted by Crippen LogP contribution is -2.19. The topological polar surface area (TPSA) is 48.7 Å². The predicted octanol–water partition coefficient (Wildman–Crippen LogP) is 4.34. The zero-order valence-electron chi connectivity index (χ0n) is 12.4. The minimum absolute atomic E-state index is 0.311. The largest absolute Gasteiger partial charge is 0.366 e. The first-order chi connectivity index (χ1) is 9.63. The number of hydrogen-bond acceptors (Lipinski definition) is 3. The highest BCUT2D eigenvalue weighted by molar-refractivity contribution is 5.82. The summed E-state index contributed by atoms with van der Waals surface area (Å²) >= 11 is 0. The van der Waals surface area contributed by atoms with Gasteiger partial charge in [0.05, 0.1) is 11.1 Å². The maximum atomic E-state index is 9.29. The van der Waals surface area contributed by atoms with Gasteiger partial charge in [-0.2, -0.15) is 5.26 Å². The number of hydrogen-bond donors (Lipinski definition) is 1. The third-order valence-corrected chi connectivity index (χ3v) is 3.68. The molecule has 3 nitrogen and oxygen atoms in total. The number of nitrogens with one attached hydrogen (secondary N) is 1. The molecule has 1 N–H and O–H groups in total. The number of pyridine rings is 1. The van der Waals surface area contributed by atoms with Crippen LogP contribution in [-0.4, -0.2) is 11.0 Å². The van der Waals surface area contributed by atoms with E-state index in [-0.39, 0.29) is 0 Å². The Balaban J connectivity index is 2.26. The lowest BCUT2D eigenvalue weighted by Gasteiger charge is -2.19. The number of benzene rings is 1. The predicted molar refractivity (Wildman–Crippen MR) is 83.6 cm³/mol. The number of fused-ring (bicyclic) bond motifs is 1. The van der Waals surface area contributed by atoms with Crippen molar-refractivity contribution in [1.82, 2.24) is 4.98 Å². The maximum Gasteiger partial charge on any atom is 0.144 e. The molecule has 1 aromatic carbocycles. The molecule has 0 aliphatic carbocycles. The molecule has 0 aliphatic rings. The van der Waals surface area contributed by atoms with Crippen molar-refractivity contribution in [2.24, 2.45) is 5.92 Å². The van der Waals surface area contributed by atoms with Crippen LogP contribution in [0, 0.1) is 17.2 Å². The fourth-order valence-corrected chi connectivity index (χ4v) is 2.37. The molecule has 0 saturated carbocycles. The first-order valence-electron chi connectivity index (χ1n) is 7.20. The number of aromatic nitrogens is 1. The summed E-state index contributed by atoms with van der Waals surface area (Å²) in [4.78, 5) is 4.59. The molecular weight excluding hydrogens is 246 g/mol. The summed E-state index contributed by atoms with van der Waals surface area (Å²) in [6.45, 7) is 6.59. The molecule has 0 radical (unpaired) electrons. The molecule has 0 bridgehead atoms. The molecule has 0 amide bonds. The summed E-state index contributed by atoms with van der Waals surface area (Å²) < 4.78 is 0. The molecule has 0 fully saturated rings. The molecule has 1 heterocycles. The van der Waals surface area contributed by atoms with Crippen molar-refractivity contribution in [3.8, 4) is 6.07 Å². The average Bonchev–Trinajstić information content (AvgIpc) is 2.46. The Morgan fingerprint density at radius 2 is 2.05 bits per heavy atom. The first kappa shape index (κ1) is 14.3. The van der Waals surface area contributed by atoms with Crippen LogP contribution in [0.2, 0.25) is 0 Å². The van der Waals surface area contributed by atoms with Crippen molar-refractivity contribution in [3.05, 3.63) is 35.9 Å². The summed E-state index contributed by atoms with van der Waals surface area (Å²) in [5.74, 6) is 1.37. The van der Waals surface area contributed by atoms with E-state index in [4.69, 9.17) is 0 Å². The van der Waals surface area contributed by atoms with Crippen molar-refractivity contribution < 1.29 is 0 Å². The molecule has 0 spiro atoms. The van der Waals surface area contributed by atoms with E-state index in [1.165, 1.54) is 6.42 Å². The van der Waals surface area contributed by atoms with Gasteiger partial charge in [-0.25, -0.2) is 4.98 Å². The van der Waals surface area contributed by atoms with Gasteiger partial charge in [0.1, 0.15) is 11.9 Å². The molecule has 104 valence electrons. The summed E-state index contributed by atoms with van der Waals surface area (Å²) in [5, 5.41) is 13.7. The Kier molecular flexibility index (Phi) is 4.57. The fraction of sp³-hybridized carbons (Fsp3) is 0.412. The van der Waals surface area contributed by atoms with Crippen LogP contribution in [-0.2, 0) is 0 Å². The first-order valence-corrected chi connectivity index (χ1v) is 7.20. The van der Waals surface area contributed by atoms with Crippen LogP contribution in [0.15, 0.2) is 30.3 Å². The van der Waals surface area contributed by atoms with E-state index in [9.17, 15) is 5.26 Å². The lowest BCUT2D eigenvalue weighted by atomic mass is 10.0. The molecule has 0 aliphatic heterocycles. The molecule has 1 aromatic heterocycles. The summed E-state index contributed by atoms with van der Waals surface area (Å²) in [5.41, 5.74) is 1.53. The zero-order chi connectivity index (χ0) is 14.5. The highest BCUT2D eigenvalue weighted by atomic mass is 15.0. The van der Waals surface area contributed by atoms with Crippen molar-refractivity contribution >= 4 is 16.7 Å². The van der Waals surface area contributed by atoms with Crippen LogP contribution < -0.4 is 5.32 Å². The van der Waals surface area contributed by atoms with Crippen molar-refractivity contribution in [3.63, 3.8) is 0 Å². The van der Waals surface area contributed by atoms with Gasteiger partial charge in [-0.15, -0.1) is 0 Å². The third-order valence-electron chi connectivity index (χ3n) is 3.68. The van der Waals surface area contributed by atoms with Crippen LogP contribution in [0.5, 0.6) is 0 Å². The number of nitriles is 1. The number of rotatable bonds is 5. The average molecular weight is 267 g/mol. The van der Waals surface area contributed by atoms with E-state index in [1.54, 1.807) is 0 Å². The number of nitrogens with zero attached hydrogens (tertiary/aromatic N) is 2. The molecule has 2 unspecified atom stereocenters. The van der Waals surface area contributed by atoms with Gasteiger partial charge in [-0.05, 0) is 31.4 Å². The monoisotopic (exact) mass is 267 g/mol. The molecule has 0 saturated heterocycles. The van der Waals surface area contributed by atoms with E-state index in [2.05, 4.69) is 37.1 Å². The molecule has 2 atom stereocenters. The Bertz CT molecular complexity index is 628. The Hall–Kier alpha value is -2.08. The smallest absolute Gasteiger partial charge is 0.144 e. The quantitative estimate of drug-likeness (QED) is 0.876. The van der Waals surface area contributed by atoms with Gasteiger partial charge < -0.3 is 5.32 Å². The van der Waals surface area contributed by atoms with Crippen LogP contribution in [0.1, 0.15) is 39.2 Å². The van der Waals surface area contributed by atoms with Gasteiger partial charge >= 0.3 is 0 Å². The minimum Gasteiger partial charge on any atom is -0.366 e. The van der Waals surface area contributed by atoms with Gasteiger partial charge in [-0.3, -0.25) is 0 Å². The molecular formula is C17H21N3. The SMILES string of the molecule is CCC(C)CC(C)Nc1nc2ccccc2cc1C#N. The highest BCUT2D eigenvalue weighted by Gasteiger charge is 2.11. The Morgan fingerprint density at radius 1 is 1.30 bits per heavy atom. The fourth-order valence-electron chi connectivity index (χ4n) is 2.37. The van der Waals surface area contributed by atoms with Crippen molar-refractivity contribution in [1.29, 1.82) is 5.26 Å². The van der Waals surface area contributed by atoms with Gasteiger partial charge in [0.25, 0.3) is 0 Å². The normalized spacial score (nSPS) is 13.7. The van der Waals surface area contributed by atoms with E-state index < -0.39 is 0 Å². The van der Waals surface area contributed by atoms with Gasteiger partial charge in [-0.1, -0.05) is 38.5 Å². The van der Waals surface area contributed by atoms with E-state index in [1.807, 2.05) is 30.3 Å².